The second kappa shape index (κ2) is 15.4. The van der Waals surface area contributed by atoms with Gasteiger partial charge in [-0.2, -0.15) is 5.10 Å². The van der Waals surface area contributed by atoms with Crippen molar-refractivity contribution in [2.24, 2.45) is 20.0 Å². The standard InChI is InChI=1S/C33H38N8O3.CH3Cl/c1-6-7-8-9-26-14-25(18-35-26)21-41-30(29-31(37-41)40(19-22(2)3)33(44)39(5)32(29)43)27-15-24(20-38(27)4)16-28(42)36-17-23-10-12-34-13-11-23;1-2/h6-15,18,20,22,35H,16-17,19,21H2,1-5H3,(H,36,42);1H3/b7-6-,9-8-;. The number of alkyl halides is 1. The summed E-state index contributed by atoms with van der Waals surface area (Å²) in [6, 6.07) is 7.66. The van der Waals surface area contributed by atoms with E-state index in [1.54, 1.807) is 21.6 Å². The number of nitrogens with zero attached hydrogens (tertiary/aromatic N) is 6. The van der Waals surface area contributed by atoms with Crippen molar-refractivity contribution in [1.82, 2.24) is 38.8 Å². The molecule has 0 aliphatic heterocycles. The van der Waals surface area contributed by atoms with Crippen molar-refractivity contribution in [2.75, 3.05) is 6.38 Å². The Bertz CT molecular complexity index is 1970. The molecule has 0 atom stereocenters. The van der Waals surface area contributed by atoms with E-state index in [0.29, 0.717) is 36.4 Å². The predicted octanol–water partition coefficient (Wildman–Crippen LogP) is 4.63. The van der Waals surface area contributed by atoms with Crippen LogP contribution in [0.1, 0.15) is 43.2 Å². The number of hydrogen-bond acceptors (Lipinski definition) is 5. The highest BCUT2D eigenvalue weighted by Crippen LogP contribution is 2.29. The van der Waals surface area contributed by atoms with Gasteiger partial charge in [0.05, 0.1) is 18.7 Å². The predicted molar refractivity (Wildman–Crippen MR) is 184 cm³/mol. The van der Waals surface area contributed by atoms with Crippen LogP contribution in [0.25, 0.3) is 28.5 Å². The maximum atomic E-state index is 13.7. The smallest absolute Gasteiger partial charge is 0.332 e. The van der Waals surface area contributed by atoms with E-state index in [9.17, 15) is 14.4 Å². The molecule has 46 heavy (non-hydrogen) atoms. The second-order valence-electron chi connectivity index (χ2n) is 11.4. The molecule has 12 heteroatoms. The molecule has 0 aliphatic rings. The fraction of sp³-hybridized carbons (Fsp3) is 0.324. The highest BCUT2D eigenvalue weighted by molar-refractivity contribution is 6.15. The van der Waals surface area contributed by atoms with Crippen LogP contribution in [0, 0.1) is 5.92 Å². The fourth-order valence-corrected chi connectivity index (χ4v) is 5.27. The van der Waals surface area contributed by atoms with Gasteiger partial charge in [-0.25, -0.2) is 4.79 Å². The molecule has 0 aliphatic carbocycles. The Kier molecular flexibility index (Phi) is 11.4. The molecule has 0 radical (unpaired) electrons. The minimum atomic E-state index is -0.409. The number of carbonyl (C=O) groups excluding carboxylic acids is 1. The highest BCUT2D eigenvalue weighted by Gasteiger charge is 2.25. The lowest BCUT2D eigenvalue weighted by Crippen LogP contribution is -2.38. The molecule has 0 spiro atoms. The van der Waals surface area contributed by atoms with Crippen molar-refractivity contribution in [3.05, 3.63) is 111 Å². The minimum absolute atomic E-state index is 0.121. The SMILES string of the molecule is C/C=C\C=C/c1cc(Cn2nc3c(c2-c2cc(CC(=O)NCc4ccncc4)cn2C)c(=O)n(C)c(=O)n3CC(C)C)c[nH]1.CCl. The van der Waals surface area contributed by atoms with E-state index < -0.39 is 11.2 Å². The molecule has 0 fully saturated rings. The van der Waals surface area contributed by atoms with Crippen LogP contribution in [0.15, 0.2) is 76.9 Å². The third kappa shape index (κ3) is 7.66. The van der Waals surface area contributed by atoms with Crippen molar-refractivity contribution in [2.45, 2.75) is 46.8 Å². The van der Waals surface area contributed by atoms with E-state index in [0.717, 1.165) is 32.6 Å². The number of aromatic amines is 1. The number of rotatable bonds is 11. The summed E-state index contributed by atoms with van der Waals surface area (Å²) in [5.41, 5.74) is 4.50. The van der Waals surface area contributed by atoms with Gasteiger partial charge in [-0.1, -0.05) is 32.1 Å². The minimum Gasteiger partial charge on any atom is -0.361 e. The molecular weight excluding hydrogens is 604 g/mol. The maximum Gasteiger partial charge on any atom is 0.332 e. The Balaban J connectivity index is 0.00000235. The van der Waals surface area contributed by atoms with Gasteiger partial charge in [0.1, 0.15) is 11.1 Å². The third-order valence-electron chi connectivity index (χ3n) is 7.36. The zero-order chi connectivity index (χ0) is 33.4. The van der Waals surface area contributed by atoms with Crippen molar-refractivity contribution in [3.63, 3.8) is 0 Å². The summed E-state index contributed by atoms with van der Waals surface area (Å²) in [4.78, 5) is 47.1. The molecule has 5 rings (SSSR count). The molecule has 0 unspecified atom stereocenters. The number of amides is 1. The lowest BCUT2D eigenvalue weighted by molar-refractivity contribution is -0.120. The normalized spacial score (nSPS) is 11.6. The molecule has 0 aromatic carbocycles. The van der Waals surface area contributed by atoms with E-state index in [1.807, 2.05) is 93.3 Å². The first-order chi connectivity index (χ1) is 22.2. The maximum absolute atomic E-state index is 13.7. The van der Waals surface area contributed by atoms with Gasteiger partial charge in [-0.3, -0.25) is 28.4 Å². The number of halogens is 1. The van der Waals surface area contributed by atoms with Crippen LogP contribution >= 0.6 is 11.6 Å². The molecule has 242 valence electrons. The van der Waals surface area contributed by atoms with Gasteiger partial charge in [0.15, 0.2) is 5.65 Å². The summed E-state index contributed by atoms with van der Waals surface area (Å²) in [5.74, 6) is 0.0373. The van der Waals surface area contributed by atoms with Gasteiger partial charge < -0.3 is 14.9 Å². The number of H-pyrrole nitrogens is 1. The molecule has 0 bridgehead atoms. The van der Waals surface area contributed by atoms with Crippen LogP contribution in [-0.2, 0) is 44.9 Å². The summed E-state index contributed by atoms with van der Waals surface area (Å²) in [6.07, 6.45) is 16.7. The van der Waals surface area contributed by atoms with E-state index >= 15 is 0 Å². The zero-order valence-electron chi connectivity index (χ0n) is 27.1. The van der Waals surface area contributed by atoms with Crippen molar-refractivity contribution < 1.29 is 4.79 Å². The summed E-state index contributed by atoms with van der Waals surface area (Å²) in [5, 5.41) is 8.21. The van der Waals surface area contributed by atoms with E-state index in [4.69, 9.17) is 5.10 Å². The van der Waals surface area contributed by atoms with Crippen LogP contribution in [0.2, 0.25) is 0 Å². The summed E-state index contributed by atoms with van der Waals surface area (Å²) >= 11 is 4.64. The molecule has 0 saturated heterocycles. The van der Waals surface area contributed by atoms with Crippen LogP contribution in [0.5, 0.6) is 0 Å². The Morgan fingerprint density at radius 1 is 1.07 bits per heavy atom. The molecule has 2 N–H and O–H groups in total. The van der Waals surface area contributed by atoms with E-state index in [-0.39, 0.29) is 18.2 Å². The van der Waals surface area contributed by atoms with Crippen molar-refractivity contribution >= 4 is 34.6 Å². The van der Waals surface area contributed by atoms with Gasteiger partial charge in [0.2, 0.25) is 5.91 Å². The largest absolute Gasteiger partial charge is 0.361 e. The number of aryl methyl sites for hydroxylation is 1. The second-order valence-corrected chi connectivity index (χ2v) is 11.4. The number of pyridine rings is 1. The zero-order valence-corrected chi connectivity index (χ0v) is 27.9. The first kappa shape index (κ1) is 34.0. The Morgan fingerprint density at radius 3 is 2.50 bits per heavy atom. The summed E-state index contributed by atoms with van der Waals surface area (Å²) in [7, 11) is 3.38. The number of allylic oxidation sites excluding steroid dienone is 3. The molecular formula is C34H41ClN8O3. The first-order valence-corrected chi connectivity index (χ1v) is 15.8. The Morgan fingerprint density at radius 2 is 1.80 bits per heavy atom. The van der Waals surface area contributed by atoms with Gasteiger partial charge in [-0.05, 0) is 59.9 Å². The number of carbonyl (C=O) groups is 1. The quantitative estimate of drug-likeness (QED) is 0.160. The Hall–Kier alpha value is -4.90. The van der Waals surface area contributed by atoms with Crippen LogP contribution < -0.4 is 16.6 Å². The molecule has 5 aromatic rings. The summed E-state index contributed by atoms with van der Waals surface area (Å²) < 4.78 is 6.42. The number of nitrogens with one attached hydrogen (secondary N) is 2. The lowest BCUT2D eigenvalue weighted by Gasteiger charge is -2.11. The third-order valence-corrected chi connectivity index (χ3v) is 7.36. The van der Waals surface area contributed by atoms with Crippen molar-refractivity contribution in [1.29, 1.82) is 0 Å². The van der Waals surface area contributed by atoms with Crippen LogP contribution in [-0.4, -0.2) is 45.7 Å². The lowest BCUT2D eigenvalue weighted by atomic mass is 10.1. The van der Waals surface area contributed by atoms with E-state index in [2.05, 4.69) is 26.9 Å². The van der Waals surface area contributed by atoms with Gasteiger partial charge in [-0.15, -0.1) is 11.6 Å². The monoisotopic (exact) mass is 644 g/mol. The Labute approximate surface area is 272 Å². The number of fused-ring (bicyclic) bond motifs is 1. The highest BCUT2D eigenvalue weighted by atomic mass is 35.5. The van der Waals surface area contributed by atoms with Crippen LogP contribution in [0.3, 0.4) is 0 Å². The number of aromatic nitrogens is 7. The van der Waals surface area contributed by atoms with Gasteiger partial charge >= 0.3 is 5.69 Å². The first-order valence-electron chi connectivity index (χ1n) is 15.0. The molecule has 11 nitrogen and oxygen atoms in total. The van der Waals surface area contributed by atoms with Crippen molar-refractivity contribution in [3.8, 4) is 11.4 Å². The number of hydrogen-bond donors (Lipinski definition) is 2. The molecule has 5 aromatic heterocycles. The average Bonchev–Trinajstić information content (AvgIpc) is 3.75. The topological polar surface area (TPSA) is 125 Å². The fourth-order valence-electron chi connectivity index (χ4n) is 5.27. The summed E-state index contributed by atoms with van der Waals surface area (Å²) in [6.45, 7) is 7.19. The van der Waals surface area contributed by atoms with Gasteiger partial charge in [0, 0.05) is 64.0 Å². The molecule has 1 amide bonds. The average molecular weight is 645 g/mol. The van der Waals surface area contributed by atoms with E-state index in [1.165, 1.54) is 13.4 Å². The van der Waals surface area contributed by atoms with Gasteiger partial charge in [0.25, 0.3) is 5.56 Å². The molecule has 0 saturated carbocycles. The van der Waals surface area contributed by atoms with Crippen LogP contribution in [0.4, 0.5) is 0 Å². The molecule has 5 heterocycles.